The molecule has 0 radical (unpaired) electrons. The number of carbonyl (C=O) groups is 2. The number of rotatable bonds is 4. The van der Waals surface area contributed by atoms with Gasteiger partial charge in [-0.3, -0.25) is 9.69 Å². The number of aryl methyl sites for hydroxylation is 1. The minimum Gasteiger partial charge on any atom is -0.459 e. The minimum atomic E-state index is -0.249. The predicted octanol–water partition coefficient (Wildman–Crippen LogP) is 1.70. The minimum absolute atomic E-state index is 0.0576. The maximum Gasteiger partial charge on any atom is 0.338 e. The molecule has 1 aromatic rings. The van der Waals surface area contributed by atoms with Crippen LogP contribution in [0.2, 0.25) is 0 Å². The molecule has 0 atom stereocenters. The van der Waals surface area contributed by atoms with Crippen molar-refractivity contribution in [2.24, 2.45) is 0 Å². The van der Waals surface area contributed by atoms with E-state index in [4.69, 9.17) is 4.74 Å². The molecule has 1 aliphatic heterocycles. The van der Waals surface area contributed by atoms with E-state index in [-0.39, 0.29) is 18.0 Å². The lowest BCUT2D eigenvalue weighted by Gasteiger charge is -2.31. The fourth-order valence-corrected chi connectivity index (χ4v) is 2.53. The smallest absolute Gasteiger partial charge is 0.338 e. The summed E-state index contributed by atoms with van der Waals surface area (Å²) in [6.45, 7) is 3.91. The normalized spacial score (nSPS) is 16.3. The first-order valence-electron chi connectivity index (χ1n) is 7.66. The van der Waals surface area contributed by atoms with Crippen LogP contribution in [-0.4, -0.2) is 61.5 Å². The van der Waals surface area contributed by atoms with Crippen molar-refractivity contribution in [3.8, 4) is 0 Å². The molecule has 0 bridgehead atoms. The van der Waals surface area contributed by atoms with E-state index < -0.39 is 0 Å². The lowest BCUT2D eigenvalue weighted by atomic mass is 10.1. The third-order valence-corrected chi connectivity index (χ3v) is 4.03. The summed E-state index contributed by atoms with van der Waals surface area (Å²) in [5.74, 6) is -0.142. The van der Waals surface area contributed by atoms with Crippen molar-refractivity contribution >= 4 is 11.9 Å². The number of carbonyl (C=O) groups excluding carboxylic acids is 2. The number of esters is 1. The molecule has 1 heterocycles. The van der Waals surface area contributed by atoms with Gasteiger partial charge in [-0.05, 0) is 31.4 Å². The molecule has 1 aromatic carbocycles. The summed E-state index contributed by atoms with van der Waals surface area (Å²) < 4.78 is 5.60. The molecule has 0 aliphatic carbocycles. The van der Waals surface area contributed by atoms with Crippen molar-refractivity contribution in [2.75, 3.05) is 33.7 Å². The Bertz CT molecular complexity index is 534. The van der Waals surface area contributed by atoms with Crippen molar-refractivity contribution in [2.45, 2.75) is 25.9 Å². The van der Waals surface area contributed by atoms with Gasteiger partial charge in [-0.25, -0.2) is 4.79 Å². The highest BCUT2D eigenvalue weighted by atomic mass is 16.5. The first kappa shape index (κ1) is 16.5. The van der Waals surface area contributed by atoms with Crippen molar-refractivity contribution in [1.82, 2.24) is 9.80 Å². The van der Waals surface area contributed by atoms with Crippen molar-refractivity contribution < 1.29 is 14.3 Å². The monoisotopic (exact) mass is 304 g/mol. The first-order valence-corrected chi connectivity index (χ1v) is 7.66. The SMILES string of the molecule is Cc1ccccc1C(=O)OC1CCN(CC(=O)N(C)C)CC1. The van der Waals surface area contributed by atoms with E-state index in [0.717, 1.165) is 31.5 Å². The predicted molar refractivity (Wildman–Crippen MR) is 84.8 cm³/mol. The van der Waals surface area contributed by atoms with Crippen LogP contribution in [0.5, 0.6) is 0 Å². The van der Waals surface area contributed by atoms with Crippen LogP contribution in [0.25, 0.3) is 0 Å². The standard InChI is InChI=1S/C17H24N2O3/c1-13-6-4-5-7-15(13)17(21)22-14-8-10-19(11-9-14)12-16(20)18(2)3/h4-7,14H,8-12H2,1-3H3. The highest BCUT2D eigenvalue weighted by molar-refractivity contribution is 5.91. The summed E-state index contributed by atoms with van der Waals surface area (Å²) in [5, 5.41) is 0. The molecule has 0 N–H and O–H groups in total. The zero-order chi connectivity index (χ0) is 16.1. The van der Waals surface area contributed by atoms with E-state index in [1.54, 1.807) is 25.1 Å². The number of likely N-dealkylation sites (tertiary alicyclic amines) is 1. The number of likely N-dealkylation sites (N-methyl/N-ethyl adjacent to an activating group) is 1. The van der Waals surface area contributed by atoms with Crippen molar-refractivity contribution in [3.05, 3.63) is 35.4 Å². The summed E-state index contributed by atoms with van der Waals surface area (Å²) in [6, 6.07) is 7.46. The highest BCUT2D eigenvalue weighted by Crippen LogP contribution is 2.17. The van der Waals surface area contributed by atoms with Gasteiger partial charge >= 0.3 is 5.97 Å². The van der Waals surface area contributed by atoms with Crippen molar-refractivity contribution in [1.29, 1.82) is 0 Å². The molecule has 1 amide bonds. The van der Waals surface area contributed by atoms with Crippen LogP contribution in [0, 0.1) is 6.92 Å². The Morgan fingerprint density at radius 1 is 1.23 bits per heavy atom. The number of piperidine rings is 1. The van der Waals surface area contributed by atoms with E-state index in [0.29, 0.717) is 12.1 Å². The second-order valence-corrected chi connectivity index (χ2v) is 5.98. The second kappa shape index (κ2) is 7.40. The molecule has 1 saturated heterocycles. The van der Waals surface area contributed by atoms with E-state index in [1.165, 1.54) is 0 Å². The van der Waals surface area contributed by atoms with Gasteiger partial charge in [0.05, 0.1) is 12.1 Å². The van der Waals surface area contributed by atoms with Gasteiger partial charge in [-0.2, -0.15) is 0 Å². The molecule has 5 heteroatoms. The van der Waals surface area contributed by atoms with Gasteiger partial charge in [0.25, 0.3) is 0 Å². The zero-order valence-corrected chi connectivity index (χ0v) is 13.5. The van der Waals surface area contributed by atoms with Gasteiger partial charge in [0.15, 0.2) is 0 Å². The number of amides is 1. The van der Waals surface area contributed by atoms with Crippen LogP contribution >= 0.6 is 0 Å². The molecule has 120 valence electrons. The molecule has 1 fully saturated rings. The fourth-order valence-electron chi connectivity index (χ4n) is 2.53. The zero-order valence-electron chi connectivity index (χ0n) is 13.5. The van der Waals surface area contributed by atoms with Gasteiger partial charge in [-0.1, -0.05) is 18.2 Å². The summed E-state index contributed by atoms with van der Waals surface area (Å²) in [7, 11) is 3.53. The second-order valence-electron chi connectivity index (χ2n) is 5.98. The van der Waals surface area contributed by atoms with Crippen LogP contribution < -0.4 is 0 Å². The molecule has 0 saturated carbocycles. The number of ether oxygens (including phenoxy) is 1. The van der Waals surface area contributed by atoms with E-state index in [1.807, 2.05) is 25.1 Å². The van der Waals surface area contributed by atoms with Gasteiger partial charge in [-0.15, -0.1) is 0 Å². The lowest BCUT2D eigenvalue weighted by molar-refractivity contribution is -0.130. The topological polar surface area (TPSA) is 49.9 Å². The first-order chi connectivity index (χ1) is 10.5. The van der Waals surface area contributed by atoms with Crippen molar-refractivity contribution in [3.63, 3.8) is 0 Å². The molecular weight excluding hydrogens is 280 g/mol. The third-order valence-electron chi connectivity index (χ3n) is 4.03. The van der Waals surface area contributed by atoms with Crippen LogP contribution in [0.1, 0.15) is 28.8 Å². The maximum absolute atomic E-state index is 12.2. The Kier molecular flexibility index (Phi) is 5.55. The van der Waals surface area contributed by atoms with Crippen LogP contribution in [-0.2, 0) is 9.53 Å². The molecule has 5 nitrogen and oxygen atoms in total. The van der Waals surface area contributed by atoms with Crippen LogP contribution in [0.15, 0.2) is 24.3 Å². The fraction of sp³-hybridized carbons (Fsp3) is 0.529. The number of nitrogens with zero attached hydrogens (tertiary/aromatic N) is 2. The van der Waals surface area contributed by atoms with Gasteiger partial charge in [0, 0.05) is 27.2 Å². The van der Waals surface area contributed by atoms with Gasteiger partial charge in [0.2, 0.25) is 5.91 Å². The lowest BCUT2D eigenvalue weighted by Crippen LogP contribution is -2.43. The van der Waals surface area contributed by atoms with Gasteiger partial charge < -0.3 is 9.64 Å². The Hall–Kier alpha value is -1.88. The number of hydrogen-bond acceptors (Lipinski definition) is 4. The highest BCUT2D eigenvalue weighted by Gasteiger charge is 2.24. The molecule has 0 unspecified atom stereocenters. The Balaban J connectivity index is 1.81. The summed E-state index contributed by atoms with van der Waals surface area (Å²) >= 11 is 0. The van der Waals surface area contributed by atoms with E-state index in [9.17, 15) is 9.59 Å². The van der Waals surface area contributed by atoms with Gasteiger partial charge in [0.1, 0.15) is 6.10 Å². The molecule has 0 aromatic heterocycles. The van der Waals surface area contributed by atoms with Crippen LogP contribution in [0.3, 0.4) is 0 Å². The molecule has 0 spiro atoms. The van der Waals surface area contributed by atoms with E-state index in [2.05, 4.69) is 4.90 Å². The average molecular weight is 304 g/mol. The number of hydrogen-bond donors (Lipinski definition) is 0. The molecule has 1 aliphatic rings. The Labute approximate surface area is 131 Å². The largest absolute Gasteiger partial charge is 0.459 e. The van der Waals surface area contributed by atoms with Crippen LogP contribution in [0.4, 0.5) is 0 Å². The summed E-state index contributed by atoms with van der Waals surface area (Å²) in [5.41, 5.74) is 1.56. The Morgan fingerprint density at radius 2 is 1.86 bits per heavy atom. The maximum atomic E-state index is 12.2. The third kappa shape index (κ3) is 4.31. The molecule has 2 rings (SSSR count). The number of benzene rings is 1. The quantitative estimate of drug-likeness (QED) is 0.795. The molecular formula is C17H24N2O3. The molecule has 22 heavy (non-hydrogen) atoms. The Morgan fingerprint density at radius 3 is 2.45 bits per heavy atom. The summed E-state index contributed by atoms with van der Waals surface area (Å²) in [4.78, 5) is 27.6. The van der Waals surface area contributed by atoms with E-state index >= 15 is 0 Å². The summed E-state index contributed by atoms with van der Waals surface area (Å²) in [6.07, 6.45) is 1.49. The average Bonchev–Trinajstić information content (AvgIpc) is 2.49.